The standard InChI is InChI=1S/C24H37N3O4/c1-15(21-17(28)11-23(3,4)12-18(21)29)26-9-7-25-8-10-27-16(2)22-19(30)13-24(5,6)14-20(22)31/h25-27H,7-14H2,1-6H3. The highest BCUT2D eigenvalue weighted by molar-refractivity contribution is 6.23. The van der Waals surface area contributed by atoms with Crippen LogP contribution in [0.15, 0.2) is 22.5 Å². The second-order valence-corrected chi connectivity index (χ2v) is 10.3. The molecule has 2 saturated carbocycles. The lowest BCUT2D eigenvalue weighted by atomic mass is 9.73. The third-order valence-electron chi connectivity index (χ3n) is 5.81. The molecule has 0 heterocycles. The maximum Gasteiger partial charge on any atom is 0.168 e. The fraction of sp³-hybridized carbons (Fsp3) is 0.667. The van der Waals surface area contributed by atoms with Crippen LogP contribution in [0.2, 0.25) is 0 Å². The molecule has 2 aliphatic rings. The predicted octanol–water partition coefficient (Wildman–Crippen LogP) is 2.22. The van der Waals surface area contributed by atoms with Crippen LogP contribution in [-0.4, -0.2) is 49.3 Å². The zero-order valence-corrected chi connectivity index (χ0v) is 19.8. The maximum absolute atomic E-state index is 12.3. The Morgan fingerprint density at radius 2 is 0.903 bits per heavy atom. The first kappa shape index (κ1) is 25.0. The molecule has 31 heavy (non-hydrogen) atoms. The topological polar surface area (TPSA) is 104 Å². The van der Waals surface area contributed by atoms with Crippen molar-refractivity contribution >= 4 is 23.1 Å². The molecule has 172 valence electrons. The Hall–Kier alpha value is -2.28. The lowest BCUT2D eigenvalue weighted by Gasteiger charge is -2.29. The lowest BCUT2D eigenvalue weighted by molar-refractivity contribution is -0.129. The fourth-order valence-electron chi connectivity index (χ4n) is 4.34. The van der Waals surface area contributed by atoms with E-state index < -0.39 is 0 Å². The molecule has 2 fully saturated rings. The summed E-state index contributed by atoms with van der Waals surface area (Å²) in [7, 11) is 0. The summed E-state index contributed by atoms with van der Waals surface area (Å²) in [5.74, 6) is -0.325. The van der Waals surface area contributed by atoms with Gasteiger partial charge in [-0.3, -0.25) is 19.2 Å². The first-order valence-corrected chi connectivity index (χ1v) is 11.1. The molecule has 0 amide bonds. The van der Waals surface area contributed by atoms with E-state index in [0.29, 0.717) is 74.4 Å². The molecule has 2 aliphatic carbocycles. The number of carbonyl (C=O) groups is 4. The Morgan fingerprint density at radius 3 is 1.19 bits per heavy atom. The highest BCUT2D eigenvalue weighted by atomic mass is 16.2. The van der Waals surface area contributed by atoms with E-state index in [4.69, 9.17) is 0 Å². The van der Waals surface area contributed by atoms with Gasteiger partial charge in [0.1, 0.15) is 0 Å². The van der Waals surface area contributed by atoms with Crippen LogP contribution in [0.25, 0.3) is 0 Å². The average molecular weight is 432 g/mol. The molecule has 3 N–H and O–H groups in total. The van der Waals surface area contributed by atoms with Gasteiger partial charge in [-0.25, -0.2) is 0 Å². The molecule has 0 saturated heterocycles. The van der Waals surface area contributed by atoms with Gasteiger partial charge >= 0.3 is 0 Å². The van der Waals surface area contributed by atoms with Gasteiger partial charge in [-0.2, -0.15) is 0 Å². The molecule has 7 heteroatoms. The van der Waals surface area contributed by atoms with Crippen LogP contribution in [0.1, 0.15) is 67.2 Å². The minimum Gasteiger partial charge on any atom is -0.387 e. The van der Waals surface area contributed by atoms with Crippen LogP contribution in [0.3, 0.4) is 0 Å². The summed E-state index contributed by atoms with van der Waals surface area (Å²) >= 11 is 0. The molecule has 0 aromatic carbocycles. The summed E-state index contributed by atoms with van der Waals surface area (Å²) in [6, 6.07) is 0. The minimum absolute atomic E-state index is 0.0814. The van der Waals surface area contributed by atoms with Crippen LogP contribution in [-0.2, 0) is 19.2 Å². The van der Waals surface area contributed by atoms with E-state index in [0.717, 1.165) is 0 Å². The third-order valence-corrected chi connectivity index (χ3v) is 5.81. The Morgan fingerprint density at radius 1 is 0.613 bits per heavy atom. The van der Waals surface area contributed by atoms with Crippen molar-refractivity contribution in [2.24, 2.45) is 10.8 Å². The maximum atomic E-state index is 12.3. The molecular weight excluding hydrogens is 394 g/mol. The predicted molar refractivity (Wildman–Crippen MR) is 120 cm³/mol. The number of rotatable bonds is 8. The van der Waals surface area contributed by atoms with E-state index in [1.54, 1.807) is 13.8 Å². The molecule has 0 aromatic heterocycles. The smallest absolute Gasteiger partial charge is 0.168 e. The second kappa shape index (κ2) is 9.90. The fourth-order valence-corrected chi connectivity index (χ4v) is 4.34. The van der Waals surface area contributed by atoms with Gasteiger partial charge in [-0.1, -0.05) is 27.7 Å². The molecule has 0 radical (unpaired) electrons. The molecule has 0 atom stereocenters. The first-order valence-electron chi connectivity index (χ1n) is 11.1. The lowest BCUT2D eigenvalue weighted by Crippen LogP contribution is -2.36. The van der Waals surface area contributed by atoms with E-state index in [1.807, 2.05) is 27.7 Å². The number of hydrogen-bond acceptors (Lipinski definition) is 7. The normalized spacial score (nSPS) is 20.7. The Kier molecular flexibility index (Phi) is 7.98. The summed E-state index contributed by atoms with van der Waals surface area (Å²) in [6.45, 7) is 13.8. The number of allylic oxidation sites excluding steroid dienone is 4. The molecule has 7 nitrogen and oxygen atoms in total. The zero-order valence-electron chi connectivity index (χ0n) is 19.8. The van der Waals surface area contributed by atoms with Crippen molar-refractivity contribution in [2.75, 3.05) is 26.2 Å². The third kappa shape index (κ3) is 6.86. The number of nitrogens with one attached hydrogen (secondary N) is 3. The van der Waals surface area contributed by atoms with Gasteiger partial charge in [0.2, 0.25) is 0 Å². The molecule has 0 spiro atoms. The van der Waals surface area contributed by atoms with E-state index in [1.165, 1.54) is 0 Å². The van der Waals surface area contributed by atoms with Gasteiger partial charge in [-0.15, -0.1) is 0 Å². The van der Waals surface area contributed by atoms with E-state index in [2.05, 4.69) is 16.0 Å². The van der Waals surface area contributed by atoms with Crippen LogP contribution >= 0.6 is 0 Å². The van der Waals surface area contributed by atoms with Crippen LogP contribution in [0.5, 0.6) is 0 Å². The summed E-state index contributed by atoms with van der Waals surface area (Å²) in [5.41, 5.74) is 1.39. The molecule has 2 rings (SSSR count). The number of ketones is 4. The number of hydrogen-bond donors (Lipinski definition) is 3. The van der Waals surface area contributed by atoms with Crippen molar-refractivity contribution in [3.8, 4) is 0 Å². The number of carbonyl (C=O) groups excluding carboxylic acids is 4. The molecule has 0 unspecified atom stereocenters. The van der Waals surface area contributed by atoms with Crippen molar-refractivity contribution in [2.45, 2.75) is 67.2 Å². The Bertz CT molecular complexity index is 722. The van der Waals surface area contributed by atoms with Gasteiger partial charge in [0.15, 0.2) is 23.1 Å². The van der Waals surface area contributed by atoms with Crippen molar-refractivity contribution in [1.82, 2.24) is 16.0 Å². The van der Waals surface area contributed by atoms with Gasteiger partial charge in [0, 0.05) is 63.3 Å². The molecule has 0 bridgehead atoms. The second-order valence-electron chi connectivity index (χ2n) is 10.3. The Labute approximate surface area is 185 Å². The molecule has 0 aliphatic heterocycles. The highest BCUT2D eigenvalue weighted by Crippen LogP contribution is 2.35. The monoisotopic (exact) mass is 431 g/mol. The van der Waals surface area contributed by atoms with Crippen molar-refractivity contribution in [1.29, 1.82) is 0 Å². The molecule has 0 aromatic rings. The minimum atomic E-state index is -0.261. The van der Waals surface area contributed by atoms with Crippen molar-refractivity contribution in [3.05, 3.63) is 22.5 Å². The van der Waals surface area contributed by atoms with E-state index in [-0.39, 0.29) is 34.0 Å². The van der Waals surface area contributed by atoms with Gasteiger partial charge in [0.25, 0.3) is 0 Å². The van der Waals surface area contributed by atoms with Crippen molar-refractivity contribution in [3.63, 3.8) is 0 Å². The Balaban J connectivity index is 1.73. The number of Topliss-reactive ketones (excluding diaryl/α,β-unsaturated/α-hetero) is 4. The van der Waals surface area contributed by atoms with E-state index >= 15 is 0 Å². The van der Waals surface area contributed by atoms with Crippen molar-refractivity contribution < 1.29 is 19.2 Å². The first-order chi connectivity index (χ1) is 14.3. The summed E-state index contributed by atoms with van der Waals surface area (Å²) in [5, 5.41) is 9.60. The van der Waals surface area contributed by atoms with Crippen LogP contribution < -0.4 is 16.0 Å². The largest absolute Gasteiger partial charge is 0.387 e. The summed E-state index contributed by atoms with van der Waals surface area (Å²) in [6.07, 6.45) is 1.59. The SMILES string of the molecule is CC(NCCNCCNC(C)=C1C(=O)CC(C)(C)CC1=O)=C1C(=O)CC(C)(C)CC1=O. The van der Waals surface area contributed by atoms with Crippen LogP contribution in [0, 0.1) is 10.8 Å². The van der Waals surface area contributed by atoms with Gasteiger partial charge in [0.05, 0.1) is 11.1 Å². The van der Waals surface area contributed by atoms with Crippen LogP contribution in [0.4, 0.5) is 0 Å². The molecular formula is C24H37N3O4. The highest BCUT2D eigenvalue weighted by Gasteiger charge is 2.37. The zero-order chi connectivity index (χ0) is 23.4. The van der Waals surface area contributed by atoms with Gasteiger partial charge < -0.3 is 16.0 Å². The van der Waals surface area contributed by atoms with Gasteiger partial charge in [-0.05, 0) is 24.7 Å². The van der Waals surface area contributed by atoms with E-state index in [9.17, 15) is 19.2 Å². The summed E-state index contributed by atoms with van der Waals surface area (Å²) < 4.78 is 0. The average Bonchev–Trinajstić information content (AvgIpc) is 2.57. The summed E-state index contributed by atoms with van der Waals surface area (Å²) in [4.78, 5) is 49.3. The quantitative estimate of drug-likeness (QED) is 0.307.